The Hall–Kier alpha value is -0.160. The van der Waals surface area contributed by atoms with Gasteiger partial charge in [0.15, 0.2) is 0 Å². The summed E-state index contributed by atoms with van der Waals surface area (Å²) in [6, 6.07) is 0. The van der Waals surface area contributed by atoms with Crippen LogP contribution in [0.15, 0.2) is 0 Å². The average Bonchev–Trinajstić information content (AvgIpc) is 2.93. The molecule has 112 valence electrons. The summed E-state index contributed by atoms with van der Waals surface area (Å²) >= 11 is 0. The first kappa shape index (κ1) is 15.2. The number of hydrogen-bond acceptors (Lipinski definition) is 4. The molecule has 2 saturated heterocycles. The van der Waals surface area contributed by atoms with Crippen LogP contribution in [0.1, 0.15) is 46.0 Å². The van der Waals surface area contributed by atoms with E-state index in [0.29, 0.717) is 6.10 Å². The second kappa shape index (κ2) is 7.02. The van der Waals surface area contributed by atoms with Gasteiger partial charge in [0.05, 0.1) is 25.4 Å². The molecule has 0 aromatic heterocycles. The SMILES string of the molecule is CC(C)(C(O)CCCC1CCCO1)N1CCOCC1. The molecular weight excluding hydrogens is 242 g/mol. The molecule has 0 aromatic carbocycles. The van der Waals surface area contributed by atoms with Gasteiger partial charge in [-0.1, -0.05) is 0 Å². The standard InChI is InChI=1S/C15H29NO3/c1-15(2,16-8-11-18-12-9-16)14(17)7-3-5-13-6-4-10-19-13/h13-14,17H,3-12H2,1-2H3. The van der Waals surface area contributed by atoms with Crippen molar-refractivity contribution >= 4 is 0 Å². The van der Waals surface area contributed by atoms with Gasteiger partial charge in [-0.25, -0.2) is 0 Å². The summed E-state index contributed by atoms with van der Waals surface area (Å²) < 4.78 is 11.0. The van der Waals surface area contributed by atoms with E-state index in [0.717, 1.165) is 52.2 Å². The van der Waals surface area contributed by atoms with Crippen LogP contribution in [0.5, 0.6) is 0 Å². The lowest BCUT2D eigenvalue weighted by molar-refractivity contribution is -0.0649. The summed E-state index contributed by atoms with van der Waals surface area (Å²) in [5.41, 5.74) is -0.152. The first-order chi connectivity index (χ1) is 9.10. The van der Waals surface area contributed by atoms with Gasteiger partial charge in [0.1, 0.15) is 0 Å². The minimum absolute atomic E-state index is 0.152. The Morgan fingerprint density at radius 1 is 1.26 bits per heavy atom. The Morgan fingerprint density at radius 2 is 2.00 bits per heavy atom. The predicted octanol–water partition coefficient (Wildman–Crippen LogP) is 1.81. The summed E-state index contributed by atoms with van der Waals surface area (Å²) in [7, 11) is 0. The van der Waals surface area contributed by atoms with Crippen molar-refractivity contribution in [1.29, 1.82) is 0 Å². The fourth-order valence-electron chi connectivity index (χ4n) is 3.11. The van der Waals surface area contributed by atoms with Crippen LogP contribution in [0.4, 0.5) is 0 Å². The molecule has 2 fully saturated rings. The van der Waals surface area contributed by atoms with E-state index in [1.807, 2.05) is 0 Å². The molecule has 19 heavy (non-hydrogen) atoms. The van der Waals surface area contributed by atoms with Crippen LogP contribution in [0.3, 0.4) is 0 Å². The molecule has 2 rings (SSSR count). The maximum absolute atomic E-state index is 10.5. The molecular formula is C15H29NO3. The van der Waals surface area contributed by atoms with Crippen LogP contribution in [-0.2, 0) is 9.47 Å². The highest BCUT2D eigenvalue weighted by Gasteiger charge is 2.34. The first-order valence-corrected chi connectivity index (χ1v) is 7.73. The first-order valence-electron chi connectivity index (χ1n) is 7.73. The number of rotatable bonds is 6. The largest absolute Gasteiger partial charge is 0.391 e. The summed E-state index contributed by atoms with van der Waals surface area (Å²) in [5, 5.41) is 10.5. The molecule has 4 heteroatoms. The lowest BCUT2D eigenvalue weighted by Crippen LogP contribution is -2.56. The van der Waals surface area contributed by atoms with Crippen molar-refractivity contribution in [2.45, 2.75) is 63.7 Å². The zero-order valence-corrected chi connectivity index (χ0v) is 12.4. The summed E-state index contributed by atoms with van der Waals surface area (Å²) in [6.45, 7) is 8.64. The van der Waals surface area contributed by atoms with Gasteiger partial charge in [-0.2, -0.15) is 0 Å². The van der Waals surface area contributed by atoms with E-state index in [2.05, 4.69) is 18.7 Å². The maximum Gasteiger partial charge on any atom is 0.0718 e. The molecule has 2 aliphatic rings. The van der Waals surface area contributed by atoms with Crippen LogP contribution in [-0.4, -0.2) is 60.7 Å². The Kier molecular flexibility index (Phi) is 5.63. The summed E-state index contributed by atoms with van der Waals surface area (Å²) in [4.78, 5) is 2.35. The number of morpholine rings is 1. The van der Waals surface area contributed by atoms with Gasteiger partial charge in [0, 0.05) is 25.2 Å². The second-order valence-electron chi connectivity index (χ2n) is 6.33. The van der Waals surface area contributed by atoms with E-state index in [1.54, 1.807) is 0 Å². The monoisotopic (exact) mass is 271 g/mol. The molecule has 0 bridgehead atoms. The van der Waals surface area contributed by atoms with Gasteiger partial charge in [0.2, 0.25) is 0 Å². The number of nitrogens with zero attached hydrogens (tertiary/aromatic N) is 1. The van der Waals surface area contributed by atoms with Crippen molar-refractivity contribution in [3.05, 3.63) is 0 Å². The molecule has 1 N–H and O–H groups in total. The Morgan fingerprint density at radius 3 is 2.63 bits per heavy atom. The van der Waals surface area contributed by atoms with E-state index in [4.69, 9.17) is 9.47 Å². The quantitative estimate of drug-likeness (QED) is 0.800. The highest BCUT2D eigenvalue weighted by molar-refractivity contribution is 4.90. The molecule has 2 aliphatic heterocycles. The minimum Gasteiger partial charge on any atom is -0.391 e. The topological polar surface area (TPSA) is 41.9 Å². The number of ether oxygens (including phenoxy) is 2. The van der Waals surface area contributed by atoms with Gasteiger partial charge < -0.3 is 14.6 Å². The second-order valence-corrected chi connectivity index (χ2v) is 6.33. The molecule has 2 heterocycles. The van der Waals surface area contributed by atoms with Crippen LogP contribution in [0.2, 0.25) is 0 Å². The Bertz CT molecular complexity index is 258. The van der Waals surface area contributed by atoms with Crippen molar-refractivity contribution in [2.24, 2.45) is 0 Å². The number of aliphatic hydroxyl groups is 1. The van der Waals surface area contributed by atoms with Crippen molar-refractivity contribution in [1.82, 2.24) is 4.90 Å². The van der Waals surface area contributed by atoms with Crippen molar-refractivity contribution in [3.63, 3.8) is 0 Å². The van der Waals surface area contributed by atoms with E-state index in [9.17, 15) is 5.11 Å². The molecule has 0 amide bonds. The summed E-state index contributed by atoms with van der Waals surface area (Å²) in [5.74, 6) is 0. The van der Waals surface area contributed by atoms with Crippen molar-refractivity contribution in [2.75, 3.05) is 32.9 Å². The molecule has 2 unspecified atom stereocenters. The fraction of sp³-hybridized carbons (Fsp3) is 1.00. The third kappa shape index (κ3) is 4.15. The van der Waals surface area contributed by atoms with Crippen LogP contribution in [0, 0.1) is 0 Å². The summed E-state index contributed by atoms with van der Waals surface area (Å²) in [6.07, 6.45) is 5.58. The van der Waals surface area contributed by atoms with Gasteiger partial charge in [0.25, 0.3) is 0 Å². The zero-order valence-electron chi connectivity index (χ0n) is 12.4. The Labute approximate surface area is 117 Å². The van der Waals surface area contributed by atoms with Gasteiger partial charge in [-0.15, -0.1) is 0 Å². The zero-order chi connectivity index (χ0) is 13.7. The normalized spacial score (nSPS) is 27.6. The molecule has 2 atom stereocenters. The predicted molar refractivity (Wildman–Crippen MR) is 75.3 cm³/mol. The van der Waals surface area contributed by atoms with E-state index < -0.39 is 0 Å². The molecule has 0 saturated carbocycles. The molecule has 0 spiro atoms. The lowest BCUT2D eigenvalue weighted by atomic mass is 9.90. The molecule has 0 aromatic rings. The van der Waals surface area contributed by atoms with E-state index >= 15 is 0 Å². The highest BCUT2D eigenvalue weighted by Crippen LogP contribution is 2.25. The lowest BCUT2D eigenvalue weighted by Gasteiger charge is -2.43. The van der Waals surface area contributed by atoms with Crippen LogP contribution >= 0.6 is 0 Å². The van der Waals surface area contributed by atoms with Crippen LogP contribution in [0.25, 0.3) is 0 Å². The van der Waals surface area contributed by atoms with Gasteiger partial charge in [-0.05, 0) is 46.0 Å². The van der Waals surface area contributed by atoms with Gasteiger partial charge in [-0.3, -0.25) is 4.90 Å². The third-order valence-corrected chi connectivity index (χ3v) is 4.67. The molecule has 0 aliphatic carbocycles. The Balaban J connectivity index is 1.71. The highest BCUT2D eigenvalue weighted by atomic mass is 16.5. The van der Waals surface area contributed by atoms with Gasteiger partial charge >= 0.3 is 0 Å². The molecule has 4 nitrogen and oxygen atoms in total. The maximum atomic E-state index is 10.5. The smallest absolute Gasteiger partial charge is 0.0718 e. The van der Waals surface area contributed by atoms with E-state index in [1.165, 1.54) is 12.8 Å². The van der Waals surface area contributed by atoms with E-state index in [-0.39, 0.29) is 11.6 Å². The van der Waals surface area contributed by atoms with Crippen LogP contribution < -0.4 is 0 Å². The minimum atomic E-state index is -0.271. The molecule has 0 radical (unpaired) electrons. The third-order valence-electron chi connectivity index (χ3n) is 4.67. The number of hydrogen-bond donors (Lipinski definition) is 1. The van der Waals surface area contributed by atoms with Crippen molar-refractivity contribution in [3.8, 4) is 0 Å². The fourth-order valence-corrected chi connectivity index (χ4v) is 3.11. The van der Waals surface area contributed by atoms with Crippen molar-refractivity contribution < 1.29 is 14.6 Å². The average molecular weight is 271 g/mol. The number of aliphatic hydroxyl groups excluding tert-OH is 1.